The van der Waals surface area contributed by atoms with Crippen molar-refractivity contribution in [3.8, 4) is 5.75 Å². The first-order valence-corrected chi connectivity index (χ1v) is 10.8. The topological polar surface area (TPSA) is 104 Å². The Morgan fingerprint density at radius 3 is 2.06 bits per heavy atom. The molecule has 0 spiro atoms. The summed E-state index contributed by atoms with van der Waals surface area (Å²) >= 11 is 0. The third-order valence-electron chi connectivity index (χ3n) is 5.29. The molecule has 0 radical (unpaired) electrons. The van der Waals surface area contributed by atoms with Crippen LogP contribution in [0.3, 0.4) is 0 Å². The second kappa shape index (κ2) is 11.0. The van der Waals surface area contributed by atoms with Crippen molar-refractivity contribution in [2.75, 3.05) is 44.7 Å². The van der Waals surface area contributed by atoms with Crippen LogP contribution >= 0.6 is 0 Å². The number of hydrogen-bond acceptors (Lipinski definition) is 10. The van der Waals surface area contributed by atoms with Crippen LogP contribution in [-0.2, 0) is 33.3 Å². The lowest BCUT2D eigenvalue weighted by Gasteiger charge is -2.39. The minimum Gasteiger partial charge on any atom is -0.497 e. The molecule has 0 aromatic heterocycles. The van der Waals surface area contributed by atoms with Gasteiger partial charge in [0.15, 0.2) is 6.10 Å². The molecule has 0 saturated carbocycles. The molecule has 0 unspecified atom stereocenters. The van der Waals surface area contributed by atoms with Gasteiger partial charge in [-0.15, -0.1) is 0 Å². The van der Waals surface area contributed by atoms with E-state index in [1.807, 2.05) is 24.3 Å². The molecule has 0 amide bonds. The highest BCUT2D eigenvalue weighted by molar-refractivity contribution is 5.68. The molecule has 1 aromatic carbocycles. The molecular formula is C23H30N2O8. The molecule has 1 saturated heterocycles. The number of nitrogens with zero attached hydrogens (tertiary/aromatic N) is 2. The fraction of sp³-hybridized carbons (Fsp3) is 0.522. The van der Waals surface area contributed by atoms with Crippen LogP contribution in [0.25, 0.3) is 0 Å². The van der Waals surface area contributed by atoms with Crippen molar-refractivity contribution in [1.82, 2.24) is 4.90 Å². The number of carbonyl (C=O) groups is 3. The standard InChI is InChI=1S/C23H30N2O8/c1-15(26)30-21-13-20(33-23(32-17(3)28)22(21)31-16(2)27)14-24-9-11-25(12-10-24)18-5-7-19(29-4)8-6-18/h5-8,13,21-23H,9-12,14H2,1-4H3/t21-,22+,23+/m0/s1. The quantitative estimate of drug-likeness (QED) is 0.437. The van der Waals surface area contributed by atoms with Crippen LogP contribution in [0, 0.1) is 0 Å². The minimum absolute atomic E-state index is 0.429. The lowest BCUT2D eigenvalue weighted by molar-refractivity contribution is -0.222. The summed E-state index contributed by atoms with van der Waals surface area (Å²) in [4.78, 5) is 39.2. The first-order valence-electron chi connectivity index (χ1n) is 10.8. The molecule has 0 aliphatic carbocycles. The van der Waals surface area contributed by atoms with Gasteiger partial charge in [0, 0.05) is 52.6 Å². The average Bonchev–Trinajstić information content (AvgIpc) is 2.76. The summed E-state index contributed by atoms with van der Waals surface area (Å²) in [5.41, 5.74) is 1.12. The van der Waals surface area contributed by atoms with Crippen LogP contribution in [0.1, 0.15) is 20.8 Å². The normalized spacial score (nSPS) is 23.1. The van der Waals surface area contributed by atoms with E-state index >= 15 is 0 Å². The average molecular weight is 462 g/mol. The van der Waals surface area contributed by atoms with Crippen LogP contribution in [0.15, 0.2) is 36.1 Å². The summed E-state index contributed by atoms with van der Waals surface area (Å²) < 4.78 is 26.9. The van der Waals surface area contributed by atoms with E-state index in [2.05, 4.69) is 9.80 Å². The highest BCUT2D eigenvalue weighted by atomic mass is 16.7. The van der Waals surface area contributed by atoms with E-state index in [9.17, 15) is 14.4 Å². The number of ether oxygens (including phenoxy) is 5. The molecule has 2 aliphatic rings. The van der Waals surface area contributed by atoms with Gasteiger partial charge in [0.1, 0.15) is 11.5 Å². The monoisotopic (exact) mass is 462 g/mol. The second-order valence-electron chi connectivity index (χ2n) is 7.84. The summed E-state index contributed by atoms with van der Waals surface area (Å²) in [6.45, 7) is 7.31. The third kappa shape index (κ3) is 6.85. The largest absolute Gasteiger partial charge is 0.497 e. The molecule has 10 heteroatoms. The molecule has 3 atom stereocenters. The van der Waals surface area contributed by atoms with Gasteiger partial charge in [-0.05, 0) is 30.3 Å². The Labute approximate surface area is 193 Å². The zero-order valence-electron chi connectivity index (χ0n) is 19.3. The molecule has 1 fully saturated rings. The fourth-order valence-corrected chi connectivity index (χ4v) is 3.82. The zero-order chi connectivity index (χ0) is 24.0. The van der Waals surface area contributed by atoms with E-state index in [1.54, 1.807) is 13.2 Å². The molecule has 2 aliphatic heterocycles. The minimum atomic E-state index is -1.21. The number of hydrogen-bond donors (Lipinski definition) is 0. The Morgan fingerprint density at radius 2 is 1.52 bits per heavy atom. The fourth-order valence-electron chi connectivity index (χ4n) is 3.82. The van der Waals surface area contributed by atoms with E-state index in [1.165, 1.54) is 20.8 Å². The molecule has 3 rings (SSSR count). The molecular weight excluding hydrogens is 432 g/mol. The zero-order valence-corrected chi connectivity index (χ0v) is 19.3. The van der Waals surface area contributed by atoms with Crippen LogP contribution in [-0.4, -0.2) is 81.1 Å². The maximum Gasteiger partial charge on any atom is 0.305 e. The predicted molar refractivity (Wildman–Crippen MR) is 117 cm³/mol. The third-order valence-corrected chi connectivity index (χ3v) is 5.29. The van der Waals surface area contributed by atoms with Crippen LogP contribution < -0.4 is 9.64 Å². The number of carbonyl (C=O) groups excluding carboxylic acids is 3. The number of anilines is 1. The Balaban J connectivity index is 1.66. The molecule has 0 N–H and O–H groups in total. The second-order valence-corrected chi connectivity index (χ2v) is 7.84. The van der Waals surface area contributed by atoms with Crippen molar-refractivity contribution in [3.05, 3.63) is 36.1 Å². The van der Waals surface area contributed by atoms with Crippen molar-refractivity contribution in [2.24, 2.45) is 0 Å². The van der Waals surface area contributed by atoms with Gasteiger partial charge in [0.05, 0.1) is 13.7 Å². The summed E-state index contributed by atoms with van der Waals surface area (Å²) in [5.74, 6) is -0.467. The van der Waals surface area contributed by atoms with Gasteiger partial charge in [0.25, 0.3) is 6.29 Å². The summed E-state index contributed by atoms with van der Waals surface area (Å²) in [5, 5.41) is 0. The van der Waals surface area contributed by atoms with Crippen molar-refractivity contribution in [1.29, 1.82) is 0 Å². The Hall–Kier alpha value is -3.27. The van der Waals surface area contributed by atoms with Crippen molar-refractivity contribution < 1.29 is 38.1 Å². The van der Waals surface area contributed by atoms with Crippen LogP contribution in [0.2, 0.25) is 0 Å². The first-order chi connectivity index (χ1) is 15.7. The number of piperazine rings is 1. The summed E-state index contributed by atoms with van der Waals surface area (Å²) in [7, 11) is 1.64. The Morgan fingerprint density at radius 1 is 0.909 bits per heavy atom. The first kappa shape index (κ1) is 24.4. The van der Waals surface area contributed by atoms with Gasteiger partial charge < -0.3 is 28.6 Å². The number of rotatable bonds is 7. The predicted octanol–water partition coefficient (Wildman–Crippen LogP) is 1.48. The Bertz CT molecular complexity index is 877. The van der Waals surface area contributed by atoms with Crippen LogP contribution in [0.5, 0.6) is 5.75 Å². The smallest absolute Gasteiger partial charge is 0.305 e. The molecule has 0 bridgehead atoms. The molecule has 2 heterocycles. The van der Waals surface area contributed by atoms with Gasteiger partial charge in [-0.3, -0.25) is 19.3 Å². The highest BCUT2D eigenvalue weighted by Crippen LogP contribution is 2.26. The summed E-state index contributed by atoms with van der Waals surface area (Å²) in [6.07, 6.45) is -1.63. The number of esters is 3. The number of benzene rings is 1. The van der Waals surface area contributed by atoms with E-state index in [-0.39, 0.29) is 0 Å². The van der Waals surface area contributed by atoms with Gasteiger partial charge >= 0.3 is 17.9 Å². The highest BCUT2D eigenvalue weighted by Gasteiger charge is 2.42. The molecule has 10 nitrogen and oxygen atoms in total. The lowest BCUT2D eigenvalue weighted by atomic mass is 10.1. The maximum atomic E-state index is 11.6. The summed E-state index contributed by atoms with van der Waals surface area (Å²) in [6, 6.07) is 7.94. The van der Waals surface area contributed by atoms with Gasteiger partial charge in [-0.2, -0.15) is 0 Å². The number of methoxy groups -OCH3 is 1. The van der Waals surface area contributed by atoms with E-state index < -0.39 is 36.4 Å². The van der Waals surface area contributed by atoms with Crippen LogP contribution in [0.4, 0.5) is 5.69 Å². The maximum absolute atomic E-state index is 11.6. The molecule has 33 heavy (non-hydrogen) atoms. The lowest BCUT2D eigenvalue weighted by Crippen LogP contribution is -2.51. The van der Waals surface area contributed by atoms with Gasteiger partial charge in [0.2, 0.25) is 6.10 Å². The SMILES string of the molecule is COc1ccc(N2CCN(CC3=C[C@H](OC(C)=O)[C@@H](OC(C)=O)[C@H](OC(C)=O)O3)CC2)cc1. The van der Waals surface area contributed by atoms with Crippen molar-refractivity contribution >= 4 is 23.6 Å². The van der Waals surface area contributed by atoms with E-state index in [4.69, 9.17) is 23.7 Å². The molecule has 180 valence electrons. The van der Waals surface area contributed by atoms with E-state index in [0.717, 1.165) is 37.6 Å². The van der Waals surface area contributed by atoms with Gasteiger partial charge in [-0.25, -0.2) is 0 Å². The van der Waals surface area contributed by atoms with Crippen molar-refractivity contribution in [3.63, 3.8) is 0 Å². The van der Waals surface area contributed by atoms with Crippen molar-refractivity contribution in [2.45, 2.75) is 39.3 Å². The Kier molecular flexibility index (Phi) is 8.16. The van der Waals surface area contributed by atoms with E-state index in [0.29, 0.717) is 12.3 Å². The van der Waals surface area contributed by atoms with Gasteiger partial charge in [-0.1, -0.05) is 0 Å². The molecule has 1 aromatic rings.